The predicted molar refractivity (Wildman–Crippen MR) is 83.8 cm³/mol. The summed E-state index contributed by atoms with van der Waals surface area (Å²) in [6, 6.07) is 6.59. The highest BCUT2D eigenvalue weighted by Crippen LogP contribution is 2.42. The molecule has 0 spiro atoms. The number of benzene rings is 1. The van der Waals surface area contributed by atoms with Gasteiger partial charge in [0.1, 0.15) is 5.82 Å². The SMILES string of the molecule is CCCn1c(CC2(CN)CCC2)nc2cc(C)ccc21. The molecule has 1 aliphatic rings. The summed E-state index contributed by atoms with van der Waals surface area (Å²) in [6.07, 6.45) is 6.03. The standard InChI is InChI=1S/C17H25N3/c1-3-9-20-15-6-5-13(2)10-14(15)19-16(20)11-17(12-18)7-4-8-17/h5-6,10H,3-4,7-9,11-12,18H2,1-2H3. The molecular weight excluding hydrogens is 246 g/mol. The lowest BCUT2D eigenvalue weighted by atomic mass is 9.66. The number of aryl methyl sites for hydroxylation is 2. The third-order valence-electron chi connectivity index (χ3n) is 4.81. The first-order valence-corrected chi connectivity index (χ1v) is 7.83. The normalized spacial score (nSPS) is 17.4. The van der Waals surface area contributed by atoms with Gasteiger partial charge in [-0.3, -0.25) is 0 Å². The Morgan fingerprint density at radius 3 is 2.75 bits per heavy atom. The second-order valence-electron chi connectivity index (χ2n) is 6.41. The first-order chi connectivity index (χ1) is 9.67. The number of nitrogens with two attached hydrogens (primary N) is 1. The van der Waals surface area contributed by atoms with Crippen LogP contribution >= 0.6 is 0 Å². The fourth-order valence-corrected chi connectivity index (χ4v) is 3.36. The summed E-state index contributed by atoms with van der Waals surface area (Å²) in [7, 11) is 0. The molecule has 20 heavy (non-hydrogen) atoms. The van der Waals surface area contributed by atoms with Crippen molar-refractivity contribution in [2.45, 2.75) is 52.5 Å². The van der Waals surface area contributed by atoms with E-state index in [1.54, 1.807) is 0 Å². The van der Waals surface area contributed by atoms with Crippen LogP contribution in [-0.2, 0) is 13.0 Å². The molecule has 0 unspecified atom stereocenters. The van der Waals surface area contributed by atoms with E-state index in [4.69, 9.17) is 10.7 Å². The van der Waals surface area contributed by atoms with Crippen molar-refractivity contribution < 1.29 is 0 Å². The van der Waals surface area contributed by atoms with E-state index in [0.717, 1.165) is 31.4 Å². The van der Waals surface area contributed by atoms with Crippen LogP contribution in [-0.4, -0.2) is 16.1 Å². The molecule has 1 aromatic heterocycles. The summed E-state index contributed by atoms with van der Waals surface area (Å²) < 4.78 is 2.41. The third kappa shape index (κ3) is 2.24. The van der Waals surface area contributed by atoms with Crippen LogP contribution in [0.3, 0.4) is 0 Å². The van der Waals surface area contributed by atoms with Crippen LogP contribution in [0.1, 0.15) is 44.0 Å². The Bertz CT molecular complexity index is 602. The average molecular weight is 271 g/mol. The van der Waals surface area contributed by atoms with Crippen molar-refractivity contribution in [2.24, 2.45) is 11.1 Å². The second kappa shape index (κ2) is 5.21. The van der Waals surface area contributed by atoms with Crippen LogP contribution in [0.5, 0.6) is 0 Å². The van der Waals surface area contributed by atoms with E-state index < -0.39 is 0 Å². The topological polar surface area (TPSA) is 43.8 Å². The monoisotopic (exact) mass is 271 g/mol. The molecule has 3 rings (SSSR count). The number of imidazole rings is 1. The van der Waals surface area contributed by atoms with Crippen molar-refractivity contribution in [3.05, 3.63) is 29.6 Å². The van der Waals surface area contributed by atoms with Gasteiger partial charge in [0.2, 0.25) is 0 Å². The second-order valence-corrected chi connectivity index (χ2v) is 6.41. The number of hydrogen-bond donors (Lipinski definition) is 1. The Morgan fingerprint density at radius 1 is 1.35 bits per heavy atom. The quantitative estimate of drug-likeness (QED) is 0.905. The Balaban J connectivity index is 2.02. The van der Waals surface area contributed by atoms with E-state index in [0.29, 0.717) is 5.41 Å². The summed E-state index contributed by atoms with van der Waals surface area (Å²) in [6.45, 7) is 6.20. The molecule has 3 nitrogen and oxygen atoms in total. The van der Waals surface area contributed by atoms with Crippen LogP contribution in [0.2, 0.25) is 0 Å². The van der Waals surface area contributed by atoms with E-state index in [-0.39, 0.29) is 0 Å². The Hall–Kier alpha value is -1.35. The zero-order valence-electron chi connectivity index (χ0n) is 12.7. The largest absolute Gasteiger partial charge is 0.330 e. The maximum atomic E-state index is 6.02. The minimum Gasteiger partial charge on any atom is -0.330 e. The Labute approximate surface area is 121 Å². The lowest BCUT2D eigenvalue weighted by Gasteiger charge is -2.40. The van der Waals surface area contributed by atoms with Crippen molar-refractivity contribution in [3.8, 4) is 0 Å². The molecule has 0 bridgehead atoms. The van der Waals surface area contributed by atoms with Crippen molar-refractivity contribution in [2.75, 3.05) is 6.54 Å². The molecule has 3 heteroatoms. The molecule has 0 atom stereocenters. The summed E-state index contributed by atoms with van der Waals surface area (Å²) in [4.78, 5) is 4.91. The highest BCUT2D eigenvalue weighted by Gasteiger charge is 2.37. The van der Waals surface area contributed by atoms with Crippen LogP contribution < -0.4 is 5.73 Å². The molecule has 0 radical (unpaired) electrons. The highest BCUT2D eigenvalue weighted by molar-refractivity contribution is 5.76. The zero-order chi connectivity index (χ0) is 14.2. The first-order valence-electron chi connectivity index (χ1n) is 7.83. The molecule has 108 valence electrons. The molecular formula is C17H25N3. The van der Waals surface area contributed by atoms with Crippen molar-refractivity contribution in [3.63, 3.8) is 0 Å². The number of rotatable bonds is 5. The van der Waals surface area contributed by atoms with Crippen LogP contribution in [0, 0.1) is 12.3 Å². The van der Waals surface area contributed by atoms with E-state index >= 15 is 0 Å². The predicted octanol–water partition coefficient (Wildman–Crippen LogP) is 3.43. The summed E-state index contributed by atoms with van der Waals surface area (Å²) in [5.41, 5.74) is 10.0. The number of fused-ring (bicyclic) bond motifs is 1. The van der Waals surface area contributed by atoms with E-state index in [1.807, 2.05) is 0 Å². The minimum absolute atomic E-state index is 0.321. The van der Waals surface area contributed by atoms with Crippen molar-refractivity contribution >= 4 is 11.0 Å². The van der Waals surface area contributed by atoms with E-state index in [2.05, 4.69) is 36.6 Å². The highest BCUT2D eigenvalue weighted by atomic mass is 15.1. The van der Waals surface area contributed by atoms with Crippen LogP contribution in [0.25, 0.3) is 11.0 Å². The van der Waals surface area contributed by atoms with Gasteiger partial charge in [-0.05, 0) is 55.8 Å². The van der Waals surface area contributed by atoms with Crippen LogP contribution in [0.15, 0.2) is 18.2 Å². The van der Waals surface area contributed by atoms with Gasteiger partial charge in [-0.2, -0.15) is 0 Å². The lowest BCUT2D eigenvalue weighted by Crippen LogP contribution is -2.39. The summed E-state index contributed by atoms with van der Waals surface area (Å²) >= 11 is 0. The third-order valence-corrected chi connectivity index (χ3v) is 4.81. The molecule has 1 aromatic carbocycles. The maximum absolute atomic E-state index is 6.02. The fraction of sp³-hybridized carbons (Fsp3) is 0.588. The van der Waals surface area contributed by atoms with Gasteiger partial charge < -0.3 is 10.3 Å². The van der Waals surface area contributed by atoms with Gasteiger partial charge in [0.15, 0.2) is 0 Å². The number of hydrogen-bond acceptors (Lipinski definition) is 2. The van der Waals surface area contributed by atoms with Gasteiger partial charge in [0.25, 0.3) is 0 Å². The molecule has 0 aliphatic heterocycles. The van der Waals surface area contributed by atoms with Crippen molar-refractivity contribution in [1.29, 1.82) is 0 Å². The zero-order valence-corrected chi connectivity index (χ0v) is 12.7. The van der Waals surface area contributed by atoms with Gasteiger partial charge in [-0.15, -0.1) is 0 Å². The summed E-state index contributed by atoms with van der Waals surface area (Å²) in [5.74, 6) is 1.23. The molecule has 1 saturated carbocycles. The van der Waals surface area contributed by atoms with E-state index in [9.17, 15) is 0 Å². The number of aromatic nitrogens is 2. The lowest BCUT2D eigenvalue weighted by molar-refractivity contribution is 0.140. The smallest absolute Gasteiger partial charge is 0.110 e. The first kappa shape index (κ1) is 13.6. The van der Waals surface area contributed by atoms with Crippen molar-refractivity contribution in [1.82, 2.24) is 9.55 Å². The molecule has 2 N–H and O–H groups in total. The molecule has 1 heterocycles. The molecule has 1 fully saturated rings. The molecule has 2 aromatic rings. The maximum Gasteiger partial charge on any atom is 0.110 e. The van der Waals surface area contributed by atoms with Crippen LogP contribution in [0.4, 0.5) is 0 Å². The van der Waals surface area contributed by atoms with Gasteiger partial charge in [-0.25, -0.2) is 4.98 Å². The minimum atomic E-state index is 0.321. The molecule has 0 saturated heterocycles. The fourth-order valence-electron chi connectivity index (χ4n) is 3.36. The number of nitrogens with zero attached hydrogens (tertiary/aromatic N) is 2. The van der Waals surface area contributed by atoms with Gasteiger partial charge >= 0.3 is 0 Å². The molecule has 1 aliphatic carbocycles. The molecule has 0 amide bonds. The summed E-state index contributed by atoms with van der Waals surface area (Å²) in [5, 5.41) is 0. The Morgan fingerprint density at radius 2 is 2.15 bits per heavy atom. The van der Waals surface area contributed by atoms with E-state index in [1.165, 1.54) is 36.2 Å². The van der Waals surface area contributed by atoms with Gasteiger partial charge in [0.05, 0.1) is 11.0 Å². The Kier molecular flexibility index (Phi) is 3.55. The van der Waals surface area contributed by atoms with Gasteiger partial charge in [-0.1, -0.05) is 19.4 Å². The average Bonchev–Trinajstić information content (AvgIpc) is 2.71. The van der Waals surface area contributed by atoms with Gasteiger partial charge in [0, 0.05) is 13.0 Å².